The molecular weight excluding hydrogens is 392 g/mol. The largest absolute Gasteiger partial charge is 0.368 e. The normalized spacial score (nSPS) is 20.0. The lowest BCUT2D eigenvalue weighted by Gasteiger charge is -2.27. The molecular formula is C24H30N4OS. The number of ketones is 1. The van der Waals surface area contributed by atoms with Crippen molar-refractivity contribution in [2.75, 3.05) is 11.4 Å². The zero-order chi connectivity index (χ0) is 21.6. The topological polar surface area (TPSA) is 51.0 Å². The second-order valence-corrected chi connectivity index (χ2v) is 9.52. The van der Waals surface area contributed by atoms with Crippen molar-refractivity contribution in [3.63, 3.8) is 0 Å². The molecule has 30 heavy (non-hydrogen) atoms. The quantitative estimate of drug-likeness (QED) is 0.438. The molecule has 3 aliphatic rings. The summed E-state index contributed by atoms with van der Waals surface area (Å²) in [6.07, 6.45) is 6.13. The molecule has 1 saturated carbocycles. The number of nitrogens with zero attached hydrogens (tertiary/aromatic N) is 4. The predicted octanol–water partition coefficient (Wildman–Crippen LogP) is 5.64. The van der Waals surface area contributed by atoms with E-state index in [-0.39, 0.29) is 5.78 Å². The Bertz CT molecular complexity index is 1090. The summed E-state index contributed by atoms with van der Waals surface area (Å²) < 4.78 is 1.58. The van der Waals surface area contributed by atoms with Gasteiger partial charge in [-0.15, -0.1) is 0 Å². The average molecular weight is 423 g/mol. The Balaban J connectivity index is 0.00000106. The molecule has 4 heterocycles. The molecule has 2 saturated heterocycles. The summed E-state index contributed by atoms with van der Waals surface area (Å²) in [6.45, 7) is 10.9. The third kappa shape index (κ3) is 3.51. The van der Waals surface area contributed by atoms with E-state index >= 15 is 0 Å². The first-order valence-electron chi connectivity index (χ1n) is 10.8. The zero-order valence-electron chi connectivity index (χ0n) is 18.4. The van der Waals surface area contributed by atoms with Gasteiger partial charge in [0.1, 0.15) is 5.52 Å². The van der Waals surface area contributed by atoms with Crippen molar-refractivity contribution in [2.45, 2.75) is 53.5 Å². The molecule has 0 unspecified atom stereocenters. The molecule has 2 bridgehead atoms. The number of hydrogen-bond acceptors (Lipinski definition) is 5. The Kier molecular flexibility index (Phi) is 5.39. The van der Waals surface area contributed by atoms with Gasteiger partial charge in [-0.2, -0.15) is 0 Å². The van der Waals surface area contributed by atoms with Gasteiger partial charge in [0.2, 0.25) is 0 Å². The number of aromatic nitrogens is 3. The number of carbonyl (C=O) groups is 1. The number of benzene rings is 1. The first-order valence-corrected chi connectivity index (χ1v) is 11.2. The van der Waals surface area contributed by atoms with Crippen LogP contribution >= 0.6 is 12.8 Å². The van der Waals surface area contributed by atoms with Crippen LogP contribution in [0.5, 0.6) is 0 Å². The number of anilines is 1. The number of rotatable bonds is 3. The second kappa shape index (κ2) is 7.73. The van der Waals surface area contributed by atoms with Crippen molar-refractivity contribution >= 4 is 35.4 Å². The molecule has 0 amide bonds. The van der Waals surface area contributed by atoms with E-state index in [4.69, 9.17) is 4.98 Å². The van der Waals surface area contributed by atoms with Crippen molar-refractivity contribution in [3.05, 3.63) is 42.2 Å². The van der Waals surface area contributed by atoms with Crippen LogP contribution in [-0.2, 0) is 0 Å². The van der Waals surface area contributed by atoms with Gasteiger partial charge in [-0.3, -0.25) is 8.77 Å². The van der Waals surface area contributed by atoms with Crippen LogP contribution in [0.1, 0.15) is 57.8 Å². The maximum absolute atomic E-state index is 12.9. The highest BCUT2D eigenvalue weighted by molar-refractivity contribution is 7.78. The molecule has 0 spiro atoms. The summed E-state index contributed by atoms with van der Waals surface area (Å²) in [7, 11) is 0. The van der Waals surface area contributed by atoms with Gasteiger partial charge in [-0.1, -0.05) is 59.6 Å². The lowest BCUT2D eigenvalue weighted by molar-refractivity contribution is 0.0860. The third-order valence-electron chi connectivity index (χ3n) is 5.98. The van der Waals surface area contributed by atoms with Crippen LogP contribution in [-0.4, -0.2) is 32.3 Å². The molecule has 0 N–H and O–H groups in total. The molecule has 6 rings (SSSR count). The summed E-state index contributed by atoms with van der Waals surface area (Å²) in [6, 6.07) is 9.21. The Labute approximate surface area is 184 Å². The highest BCUT2D eigenvalue weighted by atomic mass is 32.1. The monoisotopic (exact) mass is 422 g/mol. The van der Waals surface area contributed by atoms with E-state index < -0.39 is 5.41 Å². The van der Waals surface area contributed by atoms with Gasteiger partial charge in [-0.05, 0) is 30.9 Å². The van der Waals surface area contributed by atoms with Crippen LogP contribution in [0.15, 0.2) is 36.7 Å². The van der Waals surface area contributed by atoms with Gasteiger partial charge in [0.15, 0.2) is 11.4 Å². The van der Waals surface area contributed by atoms with Gasteiger partial charge in [0.25, 0.3) is 0 Å². The molecule has 1 aliphatic carbocycles. The van der Waals surface area contributed by atoms with Gasteiger partial charge in [-0.25, -0.2) is 9.97 Å². The fourth-order valence-corrected chi connectivity index (χ4v) is 4.64. The Hall–Kier alpha value is -2.34. The molecule has 0 radical (unpaired) electrons. The molecule has 5 nitrogen and oxygen atoms in total. The van der Waals surface area contributed by atoms with Gasteiger partial charge >= 0.3 is 0 Å². The summed E-state index contributed by atoms with van der Waals surface area (Å²) in [5.74, 6) is 0.910. The summed E-state index contributed by atoms with van der Waals surface area (Å²) in [5, 5.41) is 0. The van der Waals surface area contributed by atoms with E-state index in [2.05, 4.69) is 47.0 Å². The first-order chi connectivity index (χ1) is 14.3. The fraction of sp³-hybridized carbons (Fsp3) is 0.458. The molecule has 3 fully saturated rings. The molecule has 2 aromatic heterocycles. The average Bonchev–Trinajstić information content (AvgIpc) is 3.41. The summed E-state index contributed by atoms with van der Waals surface area (Å²) in [4.78, 5) is 24.8. The van der Waals surface area contributed by atoms with Gasteiger partial charge in [0, 0.05) is 35.4 Å². The smallest absolute Gasteiger partial charge is 0.171 e. The van der Waals surface area contributed by atoms with Crippen molar-refractivity contribution in [1.29, 1.82) is 0 Å². The van der Waals surface area contributed by atoms with E-state index in [1.54, 1.807) is 16.4 Å². The summed E-state index contributed by atoms with van der Waals surface area (Å²) in [5.41, 5.74) is 4.36. The Morgan fingerprint density at radius 1 is 1.20 bits per heavy atom. The highest BCUT2D eigenvalue weighted by Gasteiger charge is 2.42. The number of fused-ring (bicyclic) bond motifs is 2. The number of Topliss-reactive ketones (excluding diaryl/α,β-unsaturated/α-hetero) is 1. The predicted molar refractivity (Wildman–Crippen MR) is 126 cm³/mol. The van der Waals surface area contributed by atoms with Crippen molar-refractivity contribution in [1.82, 2.24) is 13.9 Å². The standard InChI is InChI=1S/C22H24N4OS.C2H6/c1-22(2,3)20(27)17-12-26(28)21-19(17)24-18(10-23-21)14-5-4-6-15(9-14)25-11-13-7-16(25)8-13;1-2/h4-6,9-10,12-13,16,28H,7-8,11H2,1-3H3;1-2H3. The summed E-state index contributed by atoms with van der Waals surface area (Å²) >= 11 is 4.43. The molecule has 2 aliphatic heterocycles. The SMILES string of the molecule is CC.CC(C)(C)C(=O)c1cn(S)c2ncc(-c3cccc(N4CC5CC4C5)c3)nc12. The van der Waals surface area contributed by atoms with E-state index in [9.17, 15) is 4.79 Å². The second-order valence-electron chi connectivity index (χ2n) is 9.09. The van der Waals surface area contributed by atoms with Crippen LogP contribution in [0, 0.1) is 11.3 Å². The van der Waals surface area contributed by atoms with Crippen molar-refractivity contribution in [2.24, 2.45) is 11.3 Å². The number of hydrogen-bond donors (Lipinski definition) is 1. The minimum absolute atomic E-state index is 0.0438. The Morgan fingerprint density at radius 3 is 2.57 bits per heavy atom. The van der Waals surface area contributed by atoms with Crippen LogP contribution in [0.2, 0.25) is 0 Å². The van der Waals surface area contributed by atoms with Crippen LogP contribution in [0.3, 0.4) is 0 Å². The van der Waals surface area contributed by atoms with Crippen molar-refractivity contribution in [3.8, 4) is 11.3 Å². The highest BCUT2D eigenvalue weighted by Crippen LogP contribution is 2.43. The molecule has 158 valence electrons. The van der Waals surface area contributed by atoms with E-state index in [0.717, 1.165) is 23.7 Å². The van der Waals surface area contributed by atoms with Gasteiger partial charge in [0.05, 0.1) is 17.5 Å². The molecule has 3 aromatic rings. The number of carbonyl (C=O) groups excluding carboxylic acids is 1. The minimum Gasteiger partial charge on any atom is -0.368 e. The van der Waals surface area contributed by atoms with Gasteiger partial charge < -0.3 is 4.90 Å². The molecule has 6 heteroatoms. The van der Waals surface area contributed by atoms with Crippen LogP contribution in [0.4, 0.5) is 5.69 Å². The van der Waals surface area contributed by atoms with Crippen LogP contribution in [0.25, 0.3) is 22.4 Å². The third-order valence-corrected chi connectivity index (χ3v) is 6.29. The number of thiol groups is 1. The molecule has 1 aromatic carbocycles. The van der Waals surface area contributed by atoms with E-state index in [1.165, 1.54) is 18.5 Å². The lowest BCUT2D eigenvalue weighted by atomic mass is 9.86. The first kappa shape index (κ1) is 20.9. The van der Waals surface area contributed by atoms with Crippen LogP contribution < -0.4 is 4.90 Å². The zero-order valence-corrected chi connectivity index (χ0v) is 19.3. The minimum atomic E-state index is -0.490. The van der Waals surface area contributed by atoms with E-state index in [0.29, 0.717) is 22.8 Å². The fourth-order valence-electron chi connectivity index (χ4n) is 4.38. The maximum Gasteiger partial charge on any atom is 0.171 e. The van der Waals surface area contributed by atoms with E-state index in [1.807, 2.05) is 34.6 Å². The maximum atomic E-state index is 12.9. The Morgan fingerprint density at radius 2 is 1.93 bits per heavy atom. The lowest BCUT2D eigenvalue weighted by Crippen LogP contribution is -2.28. The van der Waals surface area contributed by atoms with Crippen molar-refractivity contribution < 1.29 is 4.79 Å². The molecule has 0 atom stereocenters.